The third-order valence-electron chi connectivity index (χ3n) is 32.2. The maximum absolute atomic E-state index is 2.54. The summed E-state index contributed by atoms with van der Waals surface area (Å²) in [7, 11) is 0. The summed E-state index contributed by atoms with van der Waals surface area (Å²) in [6.45, 7) is 74.8. The van der Waals surface area contributed by atoms with Crippen LogP contribution in [0.25, 0.3) is 111 Å². The van der Waals surface area contributed by atoms with Crippen LogP contribution in [0.2, 0.25) is 0 Å². The fourth-order valence-corrected chi connectivity index (χ4v) is 23.1. The van der Waals surface area contributed by atoms with Gasteiger partial charge in [0, 0.05) is 55.8 Å². The van der Waals surface area contributed by atoms with Crippen molar-refractivity contribution in [2.24, 2.45) is 0 Å². The highest BCUT2D eigenvalue weighted by Gasteiger charge is 2.43. The highest BCUT2D eigenvalue weighted by Crippen LogP contribution is 2.59. The van der Waals surface area contributed by atoms with E-state index in [-0.39, 0.29) is 74.4 Å². The number of aryl methyl sites for hydroxylation is 2. The quantitative estimate of drug-likeness (QED) is 0.120. The van der Waals surface area contributed by atoms with Crippen molar-refractivity contribution in [3.05, 3.63) is 416 Å². The Morgan fingerprint density at radius 3 is 0.552 bits per heavy atom. The highest BCUT2D eigenvalue weighted by molar-refractivity contribution is 5.96. The van der Waals surface area contributed by atoms with Crippen molar-refractivity contribution in [1.29, 1.82) is 0 Å². The van der Waals surface area contributed by atoms with Crippen molar-refractivity contribution in [3.63, 3.8) is 0 Å². The van der Waals surface area contributed by atoms with Gasteiger partial charge in [0.05, 0.1) is 0 Å². The molecular weight excluding hydrogens is 1720 g/mol. The topological polar surface area (TPSA) is 6.48 Å². The molecule has 0 bridgehead atoms. The van der Waals surface area contributed by atoms with Gasteiger partial charge in [-0.25, -0.2) is 0 Å². The van der Waals surface area contributed by atoms with Crippen LogP contribution in [0.5, 0.6) is 0 Å². The highest BCUT2D eigenvalue weighted by atomic mass is 15.1. The fraction of sp³-hybridized carbons (Fsp3) is 0.319. The number of hydrogen-bond acceptors (Lipinski definition) is 2. The van der Waals surface area contributed by atoms with Crippen LogP contribution in [0.15, 0.2) is 315 Å². The average molecular weight is 1880 g/mol. The normalized spacial score (nSPS) is 14.4. The number of nitrogens with zero attached hydrogens (tertiary/aromatic N) is 2. The second-order valence-electron chi connectivity index (χ2n) is 51.0. The molecule has 0 heterocycles. The Kier molecular flexibility index (Phi) is 25.5. The van der Waals surface area contributed by atoms with Gasteiger partial charge in [0.15, 0.2) is 0 Å². The third kappa shape index (κ3) is 18.4. The lowest BCUT2D eigenvalue weighted by Gasteiger charge is -2.32. The minimum absolute atomic E-state index is 0. The number of hydrogen-bond donors (Lipinski definition) is 0. The van der Waals surface area contributed by atoms with Crippen LogP contribution < -0.4 is 9.80 Å². The molecule has 143 heavy (non-hydrogen) atoms. The van der Waals surface area contributed by atoms with Crippen LogP contribution in [0, 0.1) is 20.8 Å². The van der Waals surface area contributed by atoms with Gasteiger partial charge in [-0.2, -0.15) is 0 Å². The van der Waals surface area contributed by atoms with Crippen LogP contribution in [0.3, 0.4) is 0 Å². The molecule has 4 aliphatic carbocycles. The Hall–Kier alpha value is -12.9. The summed E-state index contributed by atoms with van der Waals surface area (Å²) in [6, 6.07) is 123. The van der Waals surface area contributed by atoms with Crippen LogP contribution in [-0.2, 0) is 59.6 Å². The summed E-state index contributed by atoms with van der Waals surface area (Å²) in [5, 5.41) is 0. The molecule has 16 aromatic carbocycles. The van der Waals surface area contributed by atoms with Crippen molar-refractivity contribution in [2.45, 2.75) is 296 Å². The van der Waals surface area contributed by atoms with Crippen molar-refractivity contribution < 1.29 is 0 Å². The summed E-state index contributed by atoms with van der Waals surface area (Å²) >= 11 is 0. The van der Waals surface area contributed by atoms with Gasteiger partial charge in [-0.05, 0) is 356 Å². The van der Waals surface area contributed by atoms with Gasteiger partial charge in [0.2, 0.25) is 0 Å². The van der Waals surface area contributed by atoms with E-state index in [2.05, 4.69) is 547 Å². The van der Waals surface area contributed by atoms with Gasteiger partial charge in [0.1, 0.15) is 0 Å². The lowest BCUT2D eigenvalue weighted by molar-refractivity contribution is 0.584. The Balaban J connectivity index is 0.000000194. The molecule has 20 rings (SSSR count). The maximum atomic E-state index is 2.54. The first-order chi connectivity index (χ1) is 66.0. The molecule has 0 atom stereocenters. The number of rotatable bonds is 12. The van der Waals surface area contributed by atoms with E-state index in [1.54, 1.807) is 0 Å². The Morgan fingerprint density at radius 1 is 0.161 bits per heavy atom. The SMILES string of the molecule is C.C.Cc1ccc(N(c2ccc(-c3ccc(C(C)(C)C)cc3)cc2)c2cc(-c3ccc4c(c3)C(C)(C)c3cc(C(C)(C)C)ccc3-4)c(C(C)(C)C)c(-c3ccc4c(c3)C(C)(C)c3cc(C(C)(C)C)ccc3-4)c2)cc1.Cc1ccc(N(c2ccc(-c3ccc(C(C)(C)C)cc3)cc2)c2cc(-c3ccc4c(c3)C(C)(C)c3cc(C(C)(C)C)ccc3-4)c(C)c(-c3ccc4c(c3)C(C)(C)c3cc(C(C)(C)C)ccc3-4)c2)cc1. The second-order valence-corrected chi connectivity index (χ2v) is 51.0. The second kappa shape index (κ2) is 35.9. The van der Waals surface area contributed by atoms with Crippen LogP contribution in [0.1, 0.15) is 316 Å². The lowest BCUT2D eigenvalue weighted by atomic mass is 9.75. The summed E-state index contributed by atoms with van der Waals surface area (Å²) in [4.78, 5) is 4.94. The first-order valence-corrected chi connectivity index (χ1v) is 51.7. The van der Waals surface area contributed by atoms with E-state index in [9.17, 15) is 0 Å². The molecule has 2 heteroatoms. The molecule has 0 unspecified atom stereocenters. The molecule has 730 valence electrons. The molecular formula is C141H156N2. The van der Waals surface area contributed by atoms with Crippen molar-refractivity contribution in [1.82, 2.24) is 0 Å². The van der Waals surface area contributed by atoms with E-state index < -0.39 is 0 Å². The van der Waals surface area contributed by atoms with E-state index in [1.165, 1.54) is 211 Å². The molecule has 0 radical (unpaired) electrons. The van der Waals surface area contributed by atoms with Gasteiger partial charge in [-0.15, -0.1) is 0 Å². The predicted molar refractivity (Wildman–Crippen MR) is 624 cm³/mol. The molecule has 0 aromatic heterocycles. The average Bonchev–Trinajstić information content (AvgIpc) is 1.59. The Morgan fingerprint density at radius 2 is 0.336 bits per heavy atom. The van der Waals surface area contributed by atoms with Crippen LogP contribution >= 0.6 is 0 Å². The summed E-state index contributed by atoms with van der Waals surface area (Å²) < 4.78 is 0. The van der Waals surface area contributed by atoms with Crippen molar-refractivity contribution >= 4 is 34.1 Å². The number of benzene rings is 16. The van der Waals surface area contributed by atoms with E-state index >= 15 is 0 Å². The Bertz CT molecular complexity index is 7310. The van der Waals surface area contributed by atoms with Gasteiger partial charge in [-0.3, -0.25) is 0 Å². The number of anilines is 6. The van der Waals surface area contributed by atoms with Gasteiger partial charge < -0.3 is 9.80 Å². The first kappa shape index (κ1) is 102. The molecule has 0 spiro atoms. The molecule has 0 saturated heterocycles. The first-order valence-electron chi connectivity index (χ1n) is 51.7. The summed E-state index contributed by atoms with van der Waals surface area (Å²) in [5.74, 6) is 0. The maximum Gasteiger partial charge on any atom is 0.0474 e. The summed E-state index contributed by atoms with van der Waals surface area (Å²) in [6.07, 6.45) is 0. The molecule has 16 aromatic rings. The minimum Gasteiger partial charge on any atom is -0.310 e. The van der Waals surface area contributed by atoms with Crippen LogP contribution in [0.4, 0.5) is 34.1 Å². The molecule has 0 aliphatic heterocycles. The van der Waals surface area contributed by atoms with Crippen LogP contribution in [-0.4, -0.2) is 0 Å². The molecule has 0 fully saturated rings. The lowest BCUT2D eigenvalue weighted by Crippen LogP contribution is -2.19. The molecule has 0 N–H and O–H groups in total. The smallest absolute Gasteiger partial charge is 0.0474 e. The minimum atomic E-state index is -0.208. The van der Waals surface area contributed by atoms with Gasteiger partial charge in [0.25, 0.3) is 0 Å². The zero-order valence-corrected chi connectivity index (χ0v) is 90.4. The zero-order valence-electron chi connectivity index (χ0n) is 90.4. The van der Waals surface area contributed by atoms with E-state index in [0.29, 0.717) is 0 Å². The predicted octanol–water partition coefficient (Wildman–Crippen LogP) is 40.8. The number of fused-ring (bicyclic) bond motifs is 12. The molecule has 2 nitrogen and oxygen atoms in total. The molecule has 0 amide bonds. The molecule has 0 saturated carbocycles. The largest absolute Gasteiger partial charge is 0.310 e. The zero-order chi connectivity index (χ0) is 101. The van der Waals surface area contributed by atoms with E-state index in [1.807, 2.05) is 0 Å². The van der Waals surface area contributed by atoms with E-state index in [0.717, 1.165) is 34.1 Å². The Labute approximate surface area is 860 Å². The van der Waals surface area contributed by atoms with Crippen molar-refractivity contribution in [3.8, 4) is 111 Å². The van der Waals surface area contributed by atoms with Gasteiger partial charge >= 0.3 is 0 Å². The van der Waals surface area contributed by atoms with Crippen molar-refractivity contribution in [2.75, 3.05) is 9.80 Å². The van der Waals surface area contributed by atoms with E-state index in [4.69, 9.17) is 0 Å². The fourth-order valence-electron chi connectivity index (χ4n) is 23.1. The monoisotopic (exact) mass is 1880 g/mol. The molecule has 4 aliphatic rings. The van der Waals surface area contributed by atoms with Gasteiger partial charge in [-0.1, -0.05) is 445 Å². The summed E-state index contributed by atoms with van der Waals surface area (Å²) in [5.41, 5.74) is 56.7. The third-order valence-corrected chi connectivity index (χ3v) is 32.2. The standard InChI is InChI=1S/C71H77N.C68H71N.2CH4/c1-44-18-30-52(31-19-44)72(53-32-22-46(23-33-53)45-20-26-49(27-21-45)66(2,3)4)54-42-59(47-24-34-55-57-36-28-50(67(5,6)7)40-63(57)70(14,15)61(55)38-47)65(69(11,12)13)60(43-54)48-25-35-56-58-37-29-51(68(8,9)10)41-64(58)71(16,17)62(56)39-48;1-42-16-28-51(29-17-42)69(52-30-20-45(21-31-52)44-18-24-48(25-19-44)64(3,4)5)53-40-58(46-22-32-54-56-34-26-49(65(6,7)8)38-62(56)67(12,13)60(54)36-46)43(2)59(41-53)47-23-33-55-57-35-27-50(66(9,10)11)39-63(57)68(14,15)61(55)37-47;;/h18-43H,1-17H3;16-41H,1-15H3;2*1H4.